The molecule has 0 radical (unpaired) electrons. The normalized spacial score (nSPS) is 27.9. The summed E-state index contributed by atoms with van der Waals surface area (Å²) in [6.07, 6.45) is 1.02. The molecule has 1 amide bonds. The molecule has 0 bridgehead atoms. The lowest BCUT2D eigenvalue weighted by molar-refractivity contribution is -0.0191. The number of likely N-dealkylation sites (tertiary alicyclic amines) is 1. The number of nitrogens with one attached hydrogen (secondary N) is 1. The van der Waals surface area contributed by atoms with Crippen LogP contribution in [0.15, 0.2) is 0 Å². The largest absolute Gasteiger partial charge is 0.444 e. The molecule has 2 aliphatic heterocycles. The van der Waals surface area contributed by atoms with Crippen molar-refractivity contribution < 1.29 is 14.3 Å². The van der Waals surface area contributed by atoms with Gasteiger partial charge >= 0.3 is 6.09 Å². The van der Waals surface area contributed by atoms with E-state index in [4.69, 9.17) is 9.47 Å². The number of rotatable bonds is 3. The number of hydrogen-bond acceptors (Lipinski definition) is 5. The van der Waals surface area contributed by atoms with Crippen LogP contribution in [0, 0.1) is 0 Å². The van der Waals surface area contributed by atoms with E-state index in [1.165, 1.54) is 0 Å². The van der Waals surface area contributed by atoms with Gasteiger partial charge in [0.15, 0.2) is 0 Å². The molecule has 0 aromatic carbocycles. The average molecular weight is 299 g/mol. The van der Waals surface area contributed by atoms with E-state index in [0.717, 1.165) is 45.8 Å². The van der Waals surface area contributed by atoms with Gasteiger partial charge in [-0.25, -0.2) is 4.79 Å². The summed E-state index contributed by atoms with van der Waals surface area (Å²) in [6.45, 7) is 10.8. The molecule has 2 saturated heterocycles. The summed E-state index contributed by atoms with van der Waals surface area (Å²) in [7, 11) is 2.12. The molecule has 0 spiro atoms. The number of hydrogen-bond donors (Lipinski definition) is 1. The minimum Gasteiger partial charge on any atom is -0.444 e. The molecular formula is C15H29N3O3. The summed E-state index contributed by atoms with van der Waals surface area (Å²) < 4.78 is 11.1. The van der Waals surface area contributed by atoms with Crippen molar-refractivity contribution >= 4 is 6.09 Å². The Morgan fingerprint density at radius 3 is 2.76 bits per heavy atom. The van der Waals surface area contributed by atoms with Crippen molar-refractivity contribution in [2.45, 2.75) is 44.9 Å². The third-order valence-corrected chi connectivity index (χ3v) is 3.82. The van der Waals surface area contributed by atoms with Crippen LogP contribution in [0.5, 0.6) is 0 Å². The summed E-state index contributed by atoms with van der Waals surface area (Å²) in [4.78, 5) is 16.1. The Labute approximate surface area is 127 Å². The maximum absolute atomic E-state index is 12.0. The topological polar surface area (TPSA) is 54.0 Å². The third-order valence-electron chi connectivity index (χ3n) is 3.82. The van der Waals surface area contributed by atoms with Crippen molar-refractivity contribution in [3.63, 3.8) is 0 Å². The first-order valence-corrected chi connectivity index (χ1v) is 7.85. The van der Waals surface area contributed by atoms with Gasteiger partial charge in [0.05, 0.1) is 12.7 Å². The highest BCUT2D eigenvalue weighted by Gasteiger charge is 2.30. The van der Waals surface area contributed by atoms with Gasteiger partial charge in [0.25, 0.3) is 0 Å². The summed E-state index contributed by atoms with van der Waals surface area (Å²) in [6, 6.07) is 0.341. The van der Waals surface area contributed by atoms with Gasteiger partial charge in [-0.05, 0) is 34.2 Å². The average Bonchev–Trinajstić information content (AvgIpc) is 2.83. The second-order valence-corrected chi connectivity index (χ2v) is 7.08. The van der Waals surface area contributed by atoms with Gasteiger partial charge in [-0.1, -0.05) is 0 Å². The molecule has 122 valence electrons. The SMILES string of the molecule is CN1CCOC(CNC2CCN(C(=O)OC(C)(C)C)C2)C1. The number of likely N-dealkylation sites (N-methyl/N-ethyl adjacent to an activating group) is 1. The van der Waals surface area contributed by atoms with Gasteiger partial charge in [-0.2, -0.15) is 0 Å². The Balaban J connectivity index is 1.69. The Hall–Kier alpha value is -0.850. The van der Waals surface area contributed by atoms with E-state index in [0.29, 0.717) is 6.04 Å². The van der Waals surface area contributed by atoms with E-state index in [1.54, 1.807) is 4.90 Å². The molecule has 21 heavy (non-hydrogen) atoms. The third kappa shape index (κ3) is 5.45. The fourth-order valence-corrected chi connectivity index (χ4v) is 2.71. The van der Waals surface area contributed by atoms with Crippen LogP contribution in [0.2, 0.25) is 0 Å². The Morgan fingerprint density at radius 1 is 1.33 bits per heavy atom. The van der Waals surface area contributed by atoms with E-state index in [9.17, 15) is 4.79 Å². The first kappa shape index (κ1) is 16.5. The molecule has 0 aromatic rings. The minimum atomic E-state index is -0.427. The van der Waals surface area contributed by atoms with Gasteiger partial charge in [0.1, 0.15) is 5.60 Å². The number of ether oxygens (including phenoxy) is 2. The molecular weight excluding hydrogens is 270 g/mol. The lowest BCUT2D eigenvalue weighted by atomic mass is 10.2. The van der Waals surface area contributed by atoms with Gasteiger partial charge in [0, 0.05) is 38.8 Å². The molecule has 0 aliphatic carbocycles. The number of carbonyl (C=O) groups is 1. The van der Waals surface area contributed by atoms with E-state index in [1.807, 2.05) is 20.8 Å². The smallest absolute Gasteiger partial charge is 0.410 e. The van der Waals surface area contributed by atoms with Crippen molar-refractivity contribution in [1.29, 1.82) is 0 Å². The van der Waals surface area contributed by atoms with Gasteiger partial charge in [-0.15, -0.1) is 0 Å². The molecule has 2 unspecified atom stereocenters. The Kier molecular flexibility index (Phi) is 5.46. The summed E-state index contributed by atoms with van der Waals surface area (Å²) in [5, 5.41) is 3.52. The molecule has 2 aliphatic rings. The second-order valence-electron chi connectivity index (χ2n) is 7.08. The lowest BCUT2D eigenvalue weighted by Gasteiger charge is -2.31. The quantitative estimate of drug-likeness (QED) is 0.840. The van der Waals surface area contributed by atoms with Gasteiger partial charge < -0.3 is 24.6 Å². The number of morpholine rings is 1. The lowest BCUT2D eigenvalue weighted by Crippen LogP contribution is -2.47. The van der Waals surface area contributed by atoms with Crippen LogP contribution in [-0.4, -0.2) is 80.0 Å². The molecule has 6 nitrogen and oxygen atoms in total. The van der Waals surface area contributed by atoms with E-state index >= 15 is 0 Å². The highest BCUT2D eigenvalue weighted by atomic mass is 16.6. The van der Waals surface area contributed by atoms with Crippen LogP contribution in [-0.2, 0) is 9.47 Å². The molecule has 2 atom stereocenters. The van der Waals surface area contributed by atoms with Crippen LogP contribution in [0.1, 0.15) is 27.2 Å². The maximum Gasteiger partial charge on any atom is 0.410 e. The highest BCUT2D eigenvalue weighted by Crippen LogP contribution is 2.15. The van der Waals surface area contributed by atoms with Crippen LogP contribution in [0.25, 0.3) is 0 Å². The molecule has 2 heterocycles. The fraction of sp³-hybridized carbons (Fsp3) is 0.933. The Morgan fingerprint density at radius 2 is 2.10 bits per heavy atom. The number of carbonyl (C=O) groups excluding carboxylic acids is 1. The van der Waals surface area contributed by atoms with Gasteiger partial charge in [0.2, 0.25) is 0 Å². The van der Waals surface area contributed by atoms with E-state index in [2.05, 4.69) is 17.3 Å². The van der Waals surface area contributed by atoms with E-state index in [-0.39, 0.29) is 12.2 Å². The zero-order valence-corrected chi connectivity index (χ0v) is 13.7. The minimum absolute atomic E-state index is 0.208. The van der Waals surface area contributed by atoms with Crippen LogP contribution < -0.4 is 5.32 Å². The van der Waals surface area contributed by atoms with Crippen LogP contribution in [0.4, 0.5) is 4.79 Å². The molecule has 0 aromatic heterocycles. The molecule has 6 heteroatoms. The van der Waals surface area contributed by atoms with E-state index < -0.39 is 5.60 Å². The predicted molar refractivity (Wildman–Crippen MR) is 81.5 cm³/mol. The fourth-order valence-electron chi connectivity index (χ4n) is 2.71. The second kappa shape index (κ2) is 6.94. The molecule has 2 fully saturated rings. The first-order chi connectivity index (χ1) is 9.83. The summed E-state index contributed by atoms with van der Waals surface area (Å²) >= 11 is 0. The molecule has 0 saturated carbocycles. The van der Waals surface area contributed by atoms with Crippen LogP contribution >= 0.6 is 0 Å². The van der Waals surface area contributed by atoms with Crippen molar-refractivity contribution in [3.8, 4) is 0 Å². The summed E-state index contributed by atoms with van der Waals surface area (Å²) in [5.41, 5.74) is -0.427. The van der Waals surface area contributed by atoms with Gasteiger partial charge in [-0.3, -0.25) is 0 Å². The monoisotopic (exact) mass is 299 g/mol. The maximum atomic E-state index is 12.0. The standard InChI is InChI=1S/C15H29N3O3/c1-15(2,3)21-14(19)18-6-5-12(10-18)16-9-13-11-17(4)7-8-20-13/h12-13,16H,5-11H2,1-4H3. The van der Waals surface area contributed by atoms with Crippen molar-refractivity contribution in [2.24, 2.45) is 0 Å². The summed E-state index contributed by atoms with van der Waals surface area (Å²) in [5.74, 6) is 0. The zero-order chi connectivity index (χ0) is 15.5. The van der Waals surface area contributed by atoms with Crippen molar-refractivity contribution in [3.05, 3.63) is 0 Å². The number of nitrogens with zero attached hydrogens (tertiary/aromatic N) is 2. The predicted octanol–water partition coefficient (Wildman–Crippen LogP) is 0.916. The molecule has 1 N–H and O–H groups in total. The Bertz CT molecular complexity index is 357. The highest BCUT2D eigenvalue weighted by molar-refractivity contribution is 5.68. The van der Waals surface area contributed by atoms with Crippen molar-refractivity contribution in [2.75, 3.05) is 46.4 Å². The van der Waals surface area contributed by atoms with Crippen molar-refractivity contribution in [1.82, 2.24) is 15.1 Å². The molecule has 2 rings (SSSR count). The zero-order valence-electron chi connectivity index (χ0n) is 13.7. The van der Waals surface area contributed by atoms with Crippen LogP contribution in [0.3, 0.4) is 0 Å². The number of amides is 1. The first-order valence-electron chi connectivity index (χ1n) is 7.85.